The molecule has 0 spiro atoms. The van der Waals surface area contributed by atoms with E-state index < -0.39 is 0 Å². The number of thioether (sulfide) groups is 1. The number of nitrogens with two attached hydrogens (primary N) is 1. The van der Waals surface area contributed by atoms with Gasteiger partial charge in [-0.3, -0.25) is 9.59 Å². The number of hydrogen-bond acceptors (Lipinski definition) is 4. The van der Waals surface area contributed by atoms with Crippen molar-refractivity contribution >= 4 is 39.9 Å². The van der Waals surface area contributed by atoms with Crippen LogP contribution in [0.2, 0.25) is 0 Å². The highest BCUT2D eigenvalue weighted by atomic mass is 32.2. The van der Waals surface area contributed by atoms with Crippen LogP contribution in [0.4, 0.5) is 11.4 Å². The van der Waals surface area contributed by atoms with Gasteiger partial charge < -0.3 is 16.4 Å². The number of carbonyl (C=O) groups excluding carboxylic acids is 2. The van der Waals surface area contributed by atoms with E-state index in [-0.39, 0.29) is 11.8 Å². The van der Waals surface area contributed by atoms with Crippen LogP contribution in [0.15, 0.2) is 48.5 Å². The van der Waals surface area contributed by atoms with Gasteiger partial charge in [0.1, 0.15) is 0 Å². The van der Waals surface area contributed by atoms with E-state index in [1.807, 2.05) is 44.2 Å². The van der Waals surface area contributed by atoms with Crippen LogP contribution in [-0.2, 0) is 11.3 Å². The Morgan fingerprint density at radius 1 is 1.07 bits per heavy atom. The third-order valence-electron chi connectivity index (χ3n) is 4.33. The highest BCUT2D eigenvalue weighted by molar-refractivity contribution is 8.08. The van der Waals surface area contributed by atoms with Gasteiger partial charge in [-0.1, -0.05) is 38.1 Å². The van der Waals surface area contributed by atoms with Gasteiger partial charge >= 0.3 is 0 Å². The summed E-state index contributed by atoms with van der Waals surface area (Å²) in [4.78, 5) is 25.4. The van der Waals surface area contributed by atoms with Crippen molar-refractivity contribution in [1.29, 1.82) is 0 Å². The summed E-state index contributed by atoms with van der Waals surface area (Å²) >= 11 is 1.75. The third-order valence-corrected chi connectivity index (χ3v) is 5.40. The Morgan fingerprint density at radius 2 is 1.76 bits per heavy atom. The summed E-state index contributed by atoms with van der Waals surface area (Å²) < 4.78 is 0. The van der Waals surface area contributed by atoms with Gasteiger partial charge in [0.05, 0.1) is 11.4 Å². The van der Waals surface area contributed by atoms with E-state index in [0.717, 1.165) is 28.2 Å². The molecule has 0 bridgehead atoms. The molecule has 0 heterocycles. The zero-order valence-electron chi connectivity index (χ0n) is 17.2. The van der Waals surface area contributed by atoms with E-state index in [9.17, 15) is 9.59 Å². The molecule has 0 aliphatic carbocycles. The second kappa shape index (κ2) is 11.3. The van der Waals surface area contributed by atoms with Gasteiger partial charge in [-0.25, -0.2) is 0 Å². The number of amides is 2. The Kier molecular flexibility index (Phi) is 8.80. The van der Waals surface area contributed by atoms with Crippen LogP contribution in [0.3, 0.4) is 0 Å². The molecule has 0 fully saturated rings. The van der Waals surface area contributed by atoms with Crippen molar-refractivity contribution in [3.8, 4) is 0 Å². The average molecular weight is 412 g/mol. The van der Waals surface area contributed by atoms with Gasteiger partial charge in [-0.05, 0) is 54.5 Å². The Hall–Kier alpha value is -2.73. The molecule has 0 aliphatic rings. The molecule has 2 aromatic rings. The number of rotatable bonds is 9. The van der Waals surface area contributed by atoms with E-state index in [1.54, 1.807) is 23.9 Å². The van der Waals surface area contributed by atoms with Gasteiger partial charge in [0, 0.05) is 23.4 Å². The SMILES string of the molecule is C/C=C(\SCC)c1ccc(N)c(NC(=O)c2ccc(CNC(=O)CCC)cc2)c1. The molecule has 4 N–H and O–H groups in total. The maximum absolute atomic E-state index is 12.6. The molecular weight excluding hydrogens is 382 g/mol. The first-order chi connectivity index (χ1) is 14.0. The van der Waals surface area contributed by atoms with Crippen LogP contribution >= 0.6 is 11.8 Å². The van der Waals surface area contributed by atoms with Crippen molar-refractivity contribution in [3.63, 3.8) is 0 Å². The molecule has 6 heteroatoms. The van der Waals surface area contributed by atoms with Crippen LogP contribution < -0.4 is 16.4 Å². The monoisotopic (exact) mass is 411 g/mol. The lowest BCUT2D eigenvalue weighted by Gasteiger charge is -2.12. The van der Waals surface area contributed by atoms with Crippen molar-refractivity contribution in [2.45, 2.75) is 40.2 Å². The summed E-state index contributed by atoms with van der Waals surface area (Å²) in [6.45, 7) is 6.53. The minimum atomic E-state index is -0.222. The zero-order valence-corrected chi connectivity index (χ0v) is 18.1. The van der Waals surface area contributed by atoms with E-state index in [4.69, 9.17) is 5.73 Å². The fourth-order valence-corrected chi connectivity index (χ4v) is 3.56. The molecule has 29 heavy (non-hydrogen) atoms. The molecule has 154 valence electrons. The number of anilines is 2. The normalized spacial score (nSPS) is 11.2. The quantitative estimate of drug-likeness (QED) is 0.504. The van der Waals surface area contributed by atoms with Crippen LogP contribution in [0.25, 0.3) is 4.91 Å². The lowest BCUT2D eigenvalue weighted by atomic mass is 10.1. The number of nitrogens with one attached hydrogen (secondary N) is 2. The molecule has 0 unspecified atom stereocenters. The minimum absolute atomic E-state index is 0.0337. The summed E-state index contributed by atoms with van der Waals surface area (Å²) in [5.74, 6) is 0.781. The van der Waals surface area contributed by atoms with E-state index >= 15 is 0 Å². The number of hydrogen-bond donors (Lipinski definition) is 3. The summed E-state index contributed by atoms with van der Waals surface area (Å²) in [6, 6.07) is 12.9. The van der Waals surface area contributed by atoms with E-state index in [2.05, 4.69) is 23.6 Å². The molecule has 0 atom stereocenters. The molecule has 5 nitrogen and oxygen atoms in total. The summed E-state index contributed by atoms with van der Waals surface area (Å²) in [5, 5.41) is 5.77. The fraction of sp³-hybridized carbons (Fsp3) is 0.304. The Labute approximate surface area is 177 Å². The lowest BCUT2D eigenvalue weighted by Crippen LogP contribution is -2.22. The van der Waals surface area contributed by atoms with Crippen LogP contribution in [0.5, 0.6) is 0 Å². The predicted molar refractivity (Wildman–Crippen MR) is 124 cm³/mol. The Balaban J connectivity index is 2.07. The molecule has 2 amide bonds. The fourth-order valence-electron chi connectivity index (χ4n) is 2.79. The summed E-state index contributed by atoms with van der Waals surface area (Å²) in [7, 11) is 0. The molecule has 0 saturated carbocycles. The van der Waals surface area contributed by atoms with Crippen molar-refractivity contribution in [2.24, 2.45) is 0 Å². The largest absolute Gasteiger partial charge is 0.397 e. The predicted octanol–water partition coefficient (Wildman–Crippen LogP) is 5.05. The molecule has 2 rings (SSSR count). The third kappa shape index (κ3) is 6.68. The molecule has 0 saturated heterocycles. The summed E-state index contributed by atoms with van der Waals surface area (Å²) in [5.41, 5.74) is 9.70. The van der Waals surface area contributed by atoms with Crippen molar-refractivity contribution in [2.75, 3.05) is 16.8 Å². The topological polar surface area (TPSA) is 84.2 Å². The second-order valence-corrected chi connectivity index (χ2v) is 7.87. The molecule has 0 aromatic heterocycles. The first-order valence-electron chi connectivity index (χ1n) is 9.84. The smallest absolute Gasteiger partial charge is 0.255 e. The van der Waals surface area contributed by atoms with Gasteiger partial charge in [-0.15, -0.1) is 11.8 Å². The molecule has 0 aliphatic heterocycles. The van der Waals surface area contributed by atoms with Gasteiger partial charge in [0.2, 0.25) is 5.91 Å². The highest BCUT2D eigenvalue weighted by Gasteiger charge is 2.11. The number of carbonyl (C=O) groups is 2. The number of allylic oxidation sites excluding steroid dienone is 1. The zero-order chi connectivity index (χ0) is 21.2. The maximum atomic E-state index is 12.6. The van der Waals surface area contributed by atoms with Crippen molar-refractivity contribution < 1.29 is 9.59 Å². The van der Waals surface area contributed by atoms with Gasteiger partial charge in [0.15, 0.2) is 0 Å². The average Bonchev–Trinajstić information content (AvgIpc) is 2.72. The first-order valence-corrected chi connectivity index (χ1v) is 10.8. The second-order valence-electron chi connectivity index (χ2n) is 6.57. The van der Waals surface area contributed by atoms with Gasteiger partial charge in [-0.2, -0.15) is 0 Å². The first kappa shape index (κ1) is 22.6. The standard InChI is InChI=1S/C23H29N3O2S/c1-4-7-22(27)25-15-16-8-10-17(11-9-16)23(28)26-20-14-18(12-13-19(20)24)21(5-2)29-6-3/h5,8-14H,4,6-7,15,24H2,1-3H3,(H,25,27)(H,26,28)/b21-5-. The molecular formula is C23H29N3O2S. The Bertz CT molecular complexity index is 876. The van der Waals surface area contributed by atoms with E-state index in [1.165, 1.54) is 0 Å². The van der Waals surface area contributed by atoms with Crippen LogP contribution in [-0.4, -0.2) is 17.6 Å². The molecule has 2 aromatic carbocycles. The highest BCUT2D eigenvalue weighted by Crippen LogP contribution is 2.31. The Morgan fingerprint density at radius 3 is 2.38 bits per heavy atom. The number of nitrogen functional groups attached to an aromatic ring is 1. The number of benzene rings is 2. The van der Waals surface area contributed by atoms with Gasteiger partial charge in [0.25, 0.3) is 5.91 Å². The van der Waals surface area contributed by atoms with Crippen LogP contribution in [0, 0.1) is 0 Å². The van der Waals surface area contributed by atoms with Crippen LogP contribution in [0.1, 0.15) is 55.1 Å². The minimum Gasteiger partial charge on any atom is -0.397 e. The summed E-state index contributed by atoms with van der Waals surface area (Å²) in [6.07, 6.45) is 3.40. The maximum Gasteiger partial charge on any atom is 0.255 e. The van der Waals surface area contributed by atoms with Crippen molar-refractivity contribution in [3.05, 3.63) is 65.2 Å². The molecule has 0 radical (unpaired) electrons. The van der Waals surface area contributed by atoms with E-state index in [0.29, 0.717) is 29.9 Å². The lowest BCUT2D eigenvalue weighted by molar-refractivity contribution is -0.121. The van der Waals surface area contributed by atoms with Crippen molar-refractivity contribution in [1.82, 2.24) is 5.32 Å².